The van der Waals surface area contributed by atoms with Crippen LogP contribution in [-0.4, -0.2) is 38.8 Å². The number of ether oxygens (including phenoxy) is 1. The Morgan fingerprint density at radius 2 is 1.79 bits per heavy atom. The summed E-state index contributed by atoms with van der Waals surface area (Å²) in [6.07, 6.45) is 1.17. The predicted molar refractivity (Wildman–Crippen MR) is 110 cm³/mol. The van der Waals surface area contributed by atoms with Crippen molar-refractivity contribution < 1.29 is 17.9 Å². The number of benzene rings is 2. The van der Waals surface area contributed by atoms with E-state index in [4.69, 9.17) is 27.9 Å². The largest absolute Gasteiger partial charge is 0.497 e. The molecule has 6 nitrogen and oxygen atoms in total. The van der Waals surface area contributed by atoms with Gasteiger partial charge >= 0.3 is 0 Å². The Morgan fingerprint density at radius 1 is 1.14 bits per heavy atom. The number of para-hydroxylation sites is 1. The molecule has 0 bridgehead atoms. The van der Waals surface area contributed by atoms with E-state index in [9.17, 15) is 13.2 Å². The van der Waals surface area contributed by atoms with Gasteiger partial charge in [0.15, 0.2) is 0 Å². The zero-order valence-electron chi connectivity index (χ0n) is 15.2. The van der Waals surface area contributed by atoms with Gasteiger partial charge in [-0.15, -0.1) is 0 Å². The van der Waals surface area contributed by atoms with Gasteiger partial charge < -0.3 is 10.1 Å². The molecule has 1 N–H and O–H groups in total. The van der Waals surface area contributed by atoms with E-state index in [2.05, 4.69) is 5.32 Å². The summed E-state index contributed by atoms with van der Waals surface area (Å²) in [7, 11) is -2.18. The quantitative estimate of drug-likeness (QED) is 0.757. The number of hydrogen-bond acceptors (Lipinski definition) is 4. The number of hydrogen-bond donors (Lipinski definition) is 1. The molecule has 1 heterocycles. The van der Waals surface area contributed by atoms with Crippen LogP contribution >= 0.6 is 23.2 Å². The number of methoxy groups -OCH3 is 1. The number of halogens is 2. The predicted octanol–water partition coefficient (Wildman–Crippen LogP) is 4.04. The second kappa shape index (κ2) is 8.69. The molecule has 1 amide bonds. The Morgan fingerprint density at radius 3 is 2.39 bits per heavy atom. The normalized spacial score (nSPS) is 17.9. The number of carbonyl (C=O) groups excluding carboxylic acids is 1. The molecule has 2 aromatic carbocycles. The van der Waals surface area contributed by atoms with E-state index < -0.39 is 15.9 Å². The van der Waals surface area contributed by atoms with Crippen LogP contribution in [0.4, 0.5) is 5.69 Å². The maximum atomic E-state index is 12.9. The highest BCUT2D eigenvalue weighted by atomic mass is 35.5. The summed E-state index contributed by atoms with van der Waals surface area (Å²) >= 11 is 12.2. The molecule has 1 saturated heterocycles. The van der Waals surface area contributed by atoms with E-state index in [1.54, 1.807) is 30.3 Å². The zero-order valence-corrected chi connectivity index (χ0v) is 17.5. The van der Waals surface area contributed by atoms with E-state index in [1.807, 2.05) is 0 Å². The molecule has 0 unspecified atom stereocenters. The Labute approximate surface area is 174 Å². The van der Waals surface area contributed by atoms with Crippen molar-refractivity contribution in [3.8, 4) is 5.75 Å². The number of amides is 1. The average molecular weight is 443 g/mol. The van der Waals surface area contributed by atoms with Crippen LogP contribution in [0.2, 0.25) is 10.0 Å². The number of rotatable bonds is 5. The number of nitrogens with zero attached hydrogens (tertiary/aromatic N) is 1. The fraction of sp³-hybridized carbons (Fsp3) is 0.316. The van der Waals surface area contributed by atoms with E-state index in [1.165, 1.54) is 23.5 Å². The van der Waals surface area contributed by atoms with Crippen molar-refractivity contribution in [2.75, 3.05) is 25.5 Å². The van der Waals surface area contributed by atoms with Gasteiger partial charge in [-0.25, -0.2) is 8.42 Å². The number of anilines is 1. The SMILES string of the molecule is COc1ccc(S(=O)(=O)N2CCC[C@@H](C(=O)Nc3c(Cl)cccc3Cl)C2)cc1. The third kappa shape index (κ3) is 4.43. The molecular formula is C19H20Cl2N2O4S. The van der Waals surface area contributed by atoms with Gasteiger partial charge in [-0.05, 0) is 49.2 Å². The van der Waals surface area contributed by atoms with Crippen molar-refractivity contribution >= 4 is 44.8 Å². The van der Waals surface area contributed by atoms with Gasteiger partial charge in [0.2, 0.25) is 15.9 Å². The molecular weight excluding hydrogens is 423 g/mol. The molecule has 0 spiro atoms. The number of piperidine rings is 1. The van der Waals surface area contributed by atoms with Crippen LogP contribution < -0.4 is 10.1 Å². The van der Waals surface area contributed by atoms with E-state index in [-0.39, 0.29) is 17.3 Å². The third-order valence-corrected chi connectivity index (χ3v) is 7.17. The van der Waals surface area contributed by atoms with Gasteiger partial charge in [0.25, 0.3) is 0 Å². The molecule has 9 heteroatoms. The minimum Gasteiger partial charge on any atom is -0.497 e. The standard InChI is InChI=1S/C19H20Cl2N2O4S/c1-27-14-7-9-15(10-8-14)28(25,26)23-11-3-4-13(12-23)19(24)22-18-16(20)5-2-6-17(18)21/h2,5-10,13H,3-4,11-12H2,1H3,(H,22,24)/t13-/m1/s1. The molecule has 2 aromatic rings. The number of nitrogens with one attached hydrogen (secondary N) is 1. The highest BCUT2D eigenvalue weighted by molar-refractivity contribution is 7.89. The zero-order chi connectivity index (χ0) is 20.3. The van der Waals surface area contributed by atoms with Crippen molar-refractivity contribution in [3.63, 3.8) is 0 Å². The third-order valence-electron chi connectivity index (χ3n) is 4.66. The molecule has 0 aromatic heterocycles. The van der Waals surface area contributed by atoms with Gasteiger partial charge in [0.1, 0.15) is 5.75 Å². The fourth-order valence-electron chi connectivity index (χ4n) is 3.11. The first kappa shape index (κ1) is 20.9. The molecule has 1 atom stereocenters. The lowest BCUT2D eigenvalue weighted by Gasteiger charge is -2.31. The van der Waals surface area contributed by atoms with E-state index in [0.717, 1.165) is 0 Å². The summed E-state index contributed by atoms with van der Waals surface area (Å²) < 4.78 is 32.3. The van der Waals surface area contributed by atoms with Crippen LogP contribution in [0.1, 0.15) is 12.8 Å². The van der Waals surface area contributed by atoms with Crippen molar-refractivity contribution in [1.29, 1.82) is 0 Å². The molecule has 3 rings (SSSR count). The van der Waals surface area contributed by atoms with Crippen LogP contribution in [-0.2, 0) is 14.8 Å². The fourth-order valence-corrected chi connectivity index (χ4v) is 5.13. The summed E-state index contributed by atoms with van der Waals surface area (Å²) in [6.45, 7) is 0.466. The van der Waals surface area contributed by atoms with Crippen molar-refractivity contribution in [2.24, 2.45) is 5.92 Å². The molecule has 150 valence electrons. The number of carbonyl (C=O) groups is 1. The summed E-state index contributed by atoms with van der Waals surface area (Å²) in [6, 6.07) is 11.1. The highest BCUT2D eigenvalue weighted by Gasteiger charge is 2.33. The molecule has 1 aliphatic heterocycles. The average Bonchev–Trinajstić information content (AvgIpc) is 2.71. The molecule has 0 aliphatic carbocycles. The Bertz CT molecular complexity index is 944. The lowest BCUT2D eigenvalue weighted by molar-refractivity contribution is -0.120. The van der Waals surface area contributed by atoms with Crippen molar-refractivity contribution in [3.05, 3.63) is 52.5 Å². The maximum absolute atomic E-state index is 12.9. The first-order valence-corrected chi connectivity index (χ1v) is 10.9. The smallest absolute Gasteiger partial charge is 0.243 e. The summed E-state index contributed by atoms with van der Waals surface area (Å²) in [4.78, 5) is 12.9. The summed E-state index contributed by atoms with van der Waals surface area (Å²) in [5.74, 6) is -0.217. The van der Waals surface area contributed by atoms with Crippen LogP contribution in [0.5, 0.6) is 5.75 Å². The maximum Gasteiger partial charge on any atom is 0.243 e. The Kier molecular flexibility index (Phi) is 6.50. The van der Waals surface area contributed by atoms with Gasteiger partial charge in [0, 0.05) is 13.1 Å². The van der Waals surface area contributed by atoms with Crippen molar-refractivity contribution in [1.82, 2.24) is 4.31 Å². The van der Waals surface area contributed by atoms with Gasteiger partial charge in [-0.3, -0.25) is 4.79 Å². The van der Waals surface area contributed by atoms with Crippen LogP contribution in [0.25, 0.3) is 0 Å². The first-order chi connectivity index (χ1) is 13.3. The molecule has 1 aliphatic rings. The van der Waals surface area contributed by atoms with Gasteiger partial charge in [-0.2, -0.15) is 4.31 Å². The summed E-state index contributed by atoms with van der Waals surface area (Å²) in [5, 5.41) is 3.40. The second-order valence-corrected chi connectivity index (χ2v) is 9.22. The summed E-state index contributed by atoms with van der Waals surface area (Å²) in [5.41, 5.74) is 0.339. The monoisotopic (exact) mass is 442 g/mol. The van der Waals surface area contributed by atoms with Gasteiger partial charge in [0.05, 0.1) is 33.7 Å². The van der Waals surface area contributed by atoms with Crippen LogP contribution in [0.15, 0.2) is 47.4 Å². The van der Waals surface area contributed by atoms with Crippen molar-refractivity contribution in [2.45, 2.75) is 17.7 Å². The Balaban J connectivity index is 1.75. The molecule has 28 heavy (non-hydrogen) atoms. The second-order valence-electron chi connectivity index (χ2n) is 6.46. The van der Waals surface area contributed by atoms with E-state index in [0.29, 0.717) is 40.9 Å². The first-order valence-electron chi connectivity index (χ1n) is 8.72. The lowest BCUT2D eigenvalue weighted by Crippen LogP contribution is -2.43. The minimum absolute atomic E-state index is 0.0995. The van der Waals surface area contributed by atoms with Crippen LogP contribution in [0, 0.1) is 5.92 Å². The van der Waals surface area contributed by atoms with Gasteiger partial charge in [-0.1, -0.05) is 29.3 Å². The van der Waals surface area contributed by atoms with Crippen LogP contribution in [0.3, 0.4) is 0 Å². The Hall–Kier alpha value is -1.80. The van der Waals surface area contributed by atoms with E-state index >= 15 is 0 Å². The molecule has 0 saturated carbocycles. The lowest BCUT2D eigenvalue weighted by atomic mass is 9.98. The molecule has 1 fully saturated rings. The number of sulfonamides is 1. The minimum atomic E-state index is -3.70. The molecule has 0 radical (unpaired) electrons. The topological polar surface area (TPSA) is 75.7 Å². The highest BCUT2D eigenvalue weighted by Crippen LogP contribution is 2.31.